The molecule has 0 unspecified atom stereocenters. The Morgan fingerprint density at radius 2 is 1.68 bits per heavy atom. The van der Waals surface area contributed by atoms with E-state index in [9.17, 15) is 14.0 Å². The molecule has 1 aromatic heterocycles. The zero-order valence-electron chi connectivity index (χ0n) is 13.5. The van der Waals surface area contributed by atoms with Gasteiger partial charge in [0.2, 0.25) is 11.6 Å². The third kappa shape index (κ3) is 2.69. The highest BCUT2D eigenvalue weighted by atomic mass is 19.1. The molecule has 4 rings (SSSR count). The first-order valence-electron chi connectivity index (χ1n) is 8.20. The summed E-state index contributed by atoms with van der Waals surface area (Å²) >= 11 is 0. The Balaban J connectivity index is 1.82. The molecule has 0 saturated carbocycles. The highest BCUT2D eigenvalue weighted by Crippen LogP contribution is 2.30. The van der Waals surface area contributed by atoms with E-state index in [1.165, 1.54) is 24.5 Å². The van der Waals surface area contributed by atoms with Gasteiger partial charge >= 0.3 is 0 Å². The normalized spacial score (nSPS) is 17.1. The Labute approximate surface area is 144 Å². The Morgan fingerprint density at radius 1 is 0.960 bits per heavy atom. The van der Waals surface area contributed by atoms with Crippen molar-refractivity contribution in [3.05, 3.63) is 71.1 Å². The van der Waals surface area contributed by atoms with Gasteiger partial charge in [0.1, 0.15) is 17.2 Å². The summed E-state index contributed by atoms with van der Waals surface area (Å²) < 4.78 is 13.1. The number of aromatic nitrogens is 1. The van der Waals surface area contributed by atoms with Gasteiger partial charge in [-0.3, -0.25) is 14.6 Å². The number of carbonyl (C=O) groups is 2. The lowest BCUT2D eigenvalue weighted by Crippen LogP contribution is -2.35. The molecule has 1 fully saturated rings. The molecule has 0 amide bonds. The minimum absolute atomic E-state index is 0.200. The van der Waals surface area contributed by atoms with Gasteiger partial charge in [-0.05, 0) is 43.2 Å². The second kappa shape index (κ2) is 6.12. The number of ketones is 2. The van der Waals surface area contributed by atoms with E-state index in [-0.39, 0.29) is 23.1 Å². The molecule has 2 heterocycles. The molecule has 2 aromatic rings. The molecule has 126 valence electrons. The molecule has 0 radical (unpaired) electrons. The van der Waals surface area contributed by atoms with Gasteiger partial charge < -0.3 is 10.2 Å². The molecule has 0 atom stereocenters. The second-order valence-corrected chi connectivity index (χ2v) is 6.13. The van der Waals surface area contributed by atoms with Gasteiger partial charge in [0.15, 0.2) is 0 Å². The minimum Gasteiger partial charge on any atom is -0.367 e. The number of halogens is 1. The van der Waals surface area contributed by atoms with Crippen molar-refractivity contribution < 1.29 is 14.0 Å². The third-order valence-corrected chi connectivity index (χ3v) is 4.53. The molecule has 0 bridgehead atoms. The number of fused-ring (bicyclic) bond motifs is 1. The van der Waals surface area contributed by atoms with E-state index in [0.717, 1.165) is 25.9 Å². The number of benzene rings is 1. The van der Waals surface area contributed by atoms with Gasteiger partial charge in [-0.1, -0.05) is 0 Å². The van der Waals surface area contributed by atoms with E-state index in [1.807, 2.05) is 4.90 Å². The molecular formula is C19H16FN3O2. The molecule has 1 aliphatic carbocycles. The van der Waals surface area contributed by atoms with Crippen molar-refractivity contribution in [1.82, 2.24) is 9.88 Å². The van der Waals surface area contributed by atoms with Crippen molar-refractivity contribution in [3.63, 3.8) is 0 Å². The second-order valence-electron chi connectivity index (χ2n) is 6.13. The van der Waals surface area contributed by atoms with Crippen LogP contribution in [0.4, 0.5) is 10.1 Å². The quantitative estimate of drug-likeness (QED) is 0.933. The summed E-state index contributed by atoms with van der Waals surface area (Å²) in [4.78, 5) is 31.9. The Hall–Kier alpha value is -3.02. The monoisotopic (exact) mass is 337 g/mol. The summed E-state index contributed by atoms with van der Waals surface area (Å²) in [6.45, 7) is 1.47. The van der Waals surface area contributed by atoms with Gasteiger partial charge in [0, 0.05) is 36.7 Å². The zero-order chi connectivity index (χ0) is 17.4. The van der Waals surface area contributed by atoms with Crippen molar-refractivity contribution in [2.75, 3.05) is 18.4 Å². The van der Waals surface area contributed by atoms with E-state index in [0.29, 0.717) is 22.5 Å². The van der Waals surface area contributed by atoms with Crippen molar-refractivity contribution in [1.29, 1.82) is 0 Å². The zero-order valence-corrected chi connectivity index (χ0v) is 13.5. The van der Waals surface area contributed by atoms with Crippen molar-refractivity contribution in [2.45, 2.75) is 12.8 Å². The van der Waals surface area contributed by atoms with Crippen LogP contribution in [0.25, 0.3) is 0 Å². The third-order valence-electron chi connectivity index (χ3n) is 4.53. The minimum atomic E-state index is -0.359. The number of anilines is 1. The molecular weight excluding hydrogens is 321 g/mol. The number of rotatable bonds is 3. The van der Waals surface area contributed by atoms with Crippen LogP contribution in [0.5, 0.6) is 0 Å². The summed E-state index contributed by atoms with van der Waals surface area (Å²) in [6.07, 6.45) is 4.91. The standard InChI is InChI=1S/C19H16FN3O2/c20-12-3-5-13(6-4-12)22-16-17(23-9-1-2-10-23)19(25)15-11-21-8-7-14(15)18(16)24/h3-8,11,22H,1-2,9-10H2. The fourth-order valence-electron chi connectivity index (χ4n) is 3.29. The predicted octanol–water partition coefficient (Wildman–Crippen LogP) is 3.02. The fraction of sp³-hybridized carbons (Fsp3) is 0.211. The molecule has 0 spiro atoms. The topological polar surface area (TPSA) is 62.3 Å². The van der Waals surface area contributed by atoms with Crippen LogP contribution in [0.1, 0.15) is 33.6 Å². The van der Waals surface area contributed by atoms with Gasteiger partial charge in [-0.2, -0.15) is 0 Å². The summed E-state index contributed by atoms with van der Waals surface area (Å²) in [6, 6.07) is 7.27. The average molecular weight is 337 g/mol. The highest BCUT2D eigenvalue weighted by Gasteiger charge is 2.36. The maximum atomic E-state index is 13.1. The first kappa shape index (κ1) is 15.5. The summed E-state index contributed by atoms with van der Waals surface area (Å²) in [5.41, 5.74) is 1.86. The Kier molecular flexibility index (Phi) is 3.80. The Morgan fingerprint density at radius 3 is 2.40 bits per heavy atom. The van der Waals surface area contributed by atoms with E-state index in [4.69, 9.17) is 0 Å². The maximum Gasteiger partial charge on any atom is 0.213 e. The molecule has 5 nitrogen and oxygen atoms in total. The molecule has 1 saturated heterocycles. The number of pyridine rings is 1. The van der Waals surface area contributed by atoms with Crippen LogP contribution in [0.15, 0.2) is 54.1 Å². The molecule has 6 heteroatoms. The SMILES string of the molecule is O=C1C(Nc2ccc(F)cc2)=C(N2CCCC2)C(=O)c2cnccc21. The number of allylic oxidation sites excluding steroid dienone is 2. The average Bonchev–Trinajstić information content (AvgIpc) is 3.15. The van der Waals surface area contributed by atoms with Crippen LogP contribution in [-0.4, -0.2) is 34.5 Å². The first-order valence-corrected chi connectivity index (χ1v) is 8.20. The number of Topliss-reactive ketones (excluding diaryl/α,β-unsaturated/α-hetero) is 2. The van der Waals surface area contributed by atoms with Gasteiger partial charge in [0.05, 0.1) is 5.56 Å². The number of likely N-dealkylation sites (tertiary alicyclic amines) is 1. The predicted molar refractivity (Wildman–Crippen MR) is 90.8 cm³/mol. The van der Waals surface area contributed by atoms with Crippen LogP contribution >= 0.6 is 0 Å². The molecule has 1 N–H and O–H groups in total. The Bertz CT molecular complexity index is 884. The molecule has 1 aromatic carbocycles. The number of nitrogens with one attached hydrogen (secondary N) is 1. The largest absolute Gasteiger partial charge is 0.367 e. The molecule has 1 aliphatic heterocycles. The molecule has 2 aliphatic rings. The fourth-order valence-corrected chi connectivity index (χ4v) is 3.29. The summed E-state index contributed by atoms with van der Waals surface area (Å²) in [5, 5.41) is 3.04. The van der Waals surface area contributed by atoms with Crippen LogP contribution in [-0.2, 0) is 0 Å². The lowest BCUT2D eigenvalue weighted by atomic mass is 9.91. The van der Waals surface area contributed by atoms with Gasteiger partial charge in [-0.25, -0.2) is 4.39 Å². The number of carbonyl (C=O) groups excluding carboxylic acids is 2. The molecule has 25 heavy (non-hydrogen) atoms. The van der Waals surface area contributed by atoms with Crippen LogP contribution < -0.4 is 5.32 Å². The van der Waals surface area contributed by atoms with E-state index >= 15 is 0 Å². The van der Waals surface area contributed by atoms with Gasteiger partial charge in [-0.15, -0.1) is 0 Å². The first-order chi connectivity index (χ1) is 12.1. The van der Waals surface area contributed by atoms with E-state index < -0.39 is 0 Å². The van der Waals surface area contributed by atoms with E-state index in [1.54, 1.807) is 18.2 Å². The van der Waals surface area contributed by atoms with Crippen LogP contribution in [0, 0.1) is 5.82 Å². The van der Waals surface area contributed by atoms with Gasteiger partial charge in [0.25, 0.3) is 0 Å². The summed E-state index contributed by atoms with van der Waals surface area (Å²) in [5.74, 6) is -0.806. The van der Waals surface area contributed by atoms with Crippen molar-refractivity contribution >= 4 is 17.3 Å². The smallest absolute Gasteiger partial charge is 0.213 e. The maximum absolute atomic E-state index is 13.1. The highest BCUT2D eigenvalue weighted by molar-refractivity contribution is 6.27. The van der Waals surface area contributed by atoms with Crippen LogP contribution in [0.2, 0.25) is 0 Å². The number of nitrogens with zero attached hydrogens (tertiary/aromatic N) is 2. The van der Waals surface area contributed by atoms with E-state index in [2.05, 4.69) is 10.3 Å². The number of hydrogen-bond donors (Lipinski definition) is 1. The summed E-state index contributed by atoms with van der Waals surface area (Å²) in [7, 11) is 0. The van der Waals surface area contributed by atoms with Crippen molar-refractivity contribution in [3.8, 4) is 0 Å². The lowest BCUT2D eigenvalue weighted by Gasteiger charge is -2.28. The number of hydrogen-bond acceptors (Lipinski definition) is 5. The van der Waals surface area contributed by atoms with Crippen molar-refractivity contribution in [2.24, 2.45) is 0 Å². The lowest BCUT2D eigenvalue weighted by molar-refractivity contribution is 0.0947. The van der Waals surface area contributed by atoms with Crippen LogP contribution in [0.3, 0.4) is 0 Å².